The Morgan fingerprint density at radius 2 is 2.00 bits per heavy atom. The van der Waals surface area contributed by atoms with Crippen molar-refractivity contribution in [1.29, 1.82) is 0 Å². The van der Waals surface area contributed by atoms with Crippen molar-refractivity contribution in [3.05, 3.63) is 29.8 Å². The van der Waals surface area contributed by atoms with Gasteiger partial charge in [-0.15, -0.1) is 17.7 Å². The molecular formula is C14H18OS. The molecule has 0 saturated heterocycles. The predicted octanol–water partition coefficient (Wildman–Crippen LogP) is 3.25. The van der Waals surface area contributed by atoms with Crippen molar-refractivity contribution in [1.82, 2.24) is 0 Å². The van der Waals surface area contributed by atoms with Crippen molar-refractivity contribution in [3.63, 3.8) is 0 Å². The lowest BCUT2D eigenvalue weighted by Crippen LogP contribution is -2.05. The third-order valence-corrected chi connectivity index (χ3v) is 3.16. The number of aliphatic hydroxyl groups excluding tert-OH is 1. The molecule has 86 valence electrons. The Labute approximate surface area is 102 Å². The van der Waals surface area contributed by atoms with Crippen LogP contribution in [0, 0.1) is 18.8 Å². The molecule has 16 heavy (non-hydrogen) atoms. The topological polar surface area (TPSA) is 20.2 Å². The van der Waals surface area contributed by atoms with E-state index in [1.165, 1.54) is 10.5 Å². The molecule has 0 bridgehead atoms. The lowest BCUT2D eigenvalue weighted by Gasteiger charge is -2.03. The maximum Gasteiger partial charge on any atom is 0.124 e. The fourth-order valence-electron chi connectivity index (χ4n) is 1.17. The fraction of sp³-hybridized carbons (Fsp3) is 0.429. The van der Waals surface area contributed by atoms with Gasteiger partial charge in [0.25, 0.3) is 0 Å². The summed E-state index contributed by atoms with van der Waals surface area (Å²) >= 11 is 1.64. The number of thioether (sulfide) groups is 1. The standard InChI is InChI=1S/C14H18OS/c1-3-4-5-6-13(15)11-16-14-9-7-12(2)8-10-14/h7-10,13,15H,3-4,11H2,1-2H3/t13-/m1/s1. The highest BCUT2D eigenvalue weighted by Crippen LogP contribution is 2.18. The average molecular weight is 234 g/mol. The van der Waals surface area contributed by atoms with E-state index in [0.717, 1.165) is 12.8 Å². The van der Waals surface area contributed by atoms with E-state index in [1.807, 2.05) is 0 Å². The number of aryl methyl sites for hydroxylation is 1. The number of hydrogen-bond acceptors (Lipinski definition) is 2. The first-order valence-electron chi connectivity index (χ1n) is 5.58. The number of unbranched alkanes of at least 4 members (excludes halogenated alkanes) is 1. The van der Waals surface area contributed by atoms with E-state index in [9.17, 15) is 5.11 Å². The van der Waals surface area contributed by atoms with Gasteiger partial charge in [-0.05, 0) is 25.5 Å². The molecule has 0 fully saturated rings. The third kappa shape index (κ3) is 5.25. The lowest BCUT2D eigenvalue weighted by atomic mass is 10.2. The van der Waals surface area contributed by atoms with Gasteiger partial charge in [0.05, 0.1) is 0 Å². The van der Waals surface area contributed by atoms with Crippen molar-refractivity contribution in [2.75, 3.05) is 5.75 Å². The number of hydrogen-bond donors (Lipinski definition) is 1. The van der Waals surface area contributed by atoms with Crippen LogP contribution in [0.5, 0.6) is 0 Å². The van der Waals surface area contributed by atoms with Crippen molar-refractivity contribution in [3.8, 4) is 11.8 Å². The molecule has 1 N–H and O–H groups in total. The predicted molar refractivity (Wildman–Crippen MR) is 70.6 cm³/mol. The maximum atomic E-state index is 9.60. The lowest BCUT2D eigenvalue weighted by molar-refractivity contribution is 0.258. The Bertz CT molecular complexity index is 359. The molecule has 1 aromatic carbocycles. The second-order valence-corrected chi connectivity index (χ2v) is 4.80. The highest BCUT2D eigenvalue weighted by molar-refractivity contribution is 7.99. The van der Waals surface area contributed by atoms with E-state index >= 15 is 0 Å². The molecule has 0 aromatic heterocycles. The number of rotatable bonds is 4. The molecular weight excluding hydrogens is 216 g/mol. The zero-order valence-electron chi connectivity index (χ0n) is 9.86. The highest BCUT2D eigenvalue weighted by atomic mass is 32.2. The van der Waals surface area contributed by atoms with Gasteiger partial charge in [0.15, 0.2) is 0 Å². The molecule has 0 spiro atoms. The van der Waals surface area contributed by atoms with Crippen LogP contribution in [0.4, 0.5) is 0 Å². The van der Waals surface area contributed by atoms with Crippen LogP contribution < -0.4 is 0 Å². The van der Waals surface area contributed by atoms with Crippen LogP contribution in [-0.4, -0.2) is 17.0 Å². The van der Waals surface area contributed by atoms with Crippen LogP contribution in [-0.2, 0) is 0 Å². The molecule has 1 rings (SSSR count). The molecule has 0 amide bonds. The highest BCUT2D eigenvalue weighted by Gasteiger charge is 2.00. The van der Waals surface area contributed by atoms with Crippen molar-refractivity contribution >= 4 is 11.8 Å². The summed E-state index contributed by atoms with van der Waals surface area (Å²) in [6, 6.07) is 8.31. The number of benzene rings is 1. The first kappa shape index (κ1) is 13.2. The Kier molecular flexibility index (Phi) is 6.07. The minimum atomic E-state index is -0.516. The van der Waals surface area contributed by atoms with Crippen molar-refractivity contribution in [2.45, 2.75) is 37.7 Å². The molecule has 0 radical (unpaired) electrons. The minimum absolute atomic E-state index is 0.516. The van der Waals surface area contributed by atoms with Gasteiger partial charge in [-0.3, -0.25) is 0 Å². The molecule has 0 saturated carbocycles. The van der Waals surface area contributed by atoms with Gasteiger partial charge in [0.1, 0.15) is 6.10 Å². The van der Waals surface area contributed by atoms with E-state index in [2.05, 4.69) is 50.0 Å². The van der Waals surface area contributed by atoms with Crippen LogP contribution in [0.3, 0.4) is 0 Å². The largest absolute Gasteiger partial charge is 0.379 e. The van der Waals surface area contributed by atoms with Gasteiger partial charge in [-0.1, -0.05) is 30.5 Å². The fourth-order valence-corrected chi connectivity index (χ4v) is 1.93. The summed E-state index contributed by atoms with van der Waals surface area (Å²) in [6.45, 7) is 4.15. The first-order valence-corrected chi connectivity index (χ1v) is 6.57. The summed E-state index contributed by atoms with van der Waals surface area (Å²) in [6.07, 6.45) is 1.40. The molecule has 2 heteroatoms. The molecule has 1 atom stereocenters. The normalized spacial score (nSPS) is 11.7. The van der Waals surface area contributed by atoms with Gasteiger partial charge >= 0.3 is 0 Å². The molecule has 1 aromatic rings. The second kappa shape index (κ2) is 7.38. The molecule has 0 aliphatic heterocycles. The first-order chi connectivity index (χ1) is 7.72. The van der Waals surface area contributed by atoms with Crippen LogP contribution in [0.15, 0.2) is 29.2 Å². The smallest absolute Gasteiger partial charge is 0.124 e. The quantitative estimate of drug-likeness (QED) is 0.637. The van der Waals surface area contributed by atoms with E-state index < -0.39 is 6.10 Å². The summed E-state index contributed by atoms with van der Waals surface area (Å²) in [5, 5.41) is 9.60. The van der Waals surface area contributed by atoms with Crippen LogP contribution in [0.25, 0.3) is 0 Å². The van der Waals surface area contributed by atoms with E-state index in [0.29, 0.717) is 5.75 Å². The number of aliphatic hydroxyl groups is 1. The zero-order valence-corrected chi connectivity index (χ0v) is 10.7. The molecule has 0 aliphatic carbocycles. The third-order valence-electron chi connectivity index (χ3n) is 2.07. The Morgan fingerprint density at radius 3 is 2.62 bits per heavy atom. The van der Waals surface area contributed by atoms with E-state index in [1.54, 1.807) is 11.8 Å². The SMILES string of the molecule is CCCC#C[C@@H](O)CSc1ccc(C)cc1. The summed E-state index contributed by atoms with van der Waals surface area (Å²) < 4.78 is 0. The van der Waals surface area contributed by atoms with Crippen LogP contribution in [0.1, 0.15) is 25.3 Å². The van der Waals surface area contributed by atoms with Gasteiger partial charge in [-0.2, -0.15) is 0 Å². The Balaban J connectivity index is 2.35. The monoisotopic (exact) mass is 234 g/mol. The van der Waals surface area contributed by atoms with Gasteiger partial charge in [-0.25, -0.2) is 0 Å². The van der Waals surface area contributed by atoms with Gasteiger partial charge in [0.2, 0.25) is 0 Å². The summed E-state index contributed by atoms with van der Waals surface area (Å²) in [5.41, 5.74) is 1.26. The van der Waals surface area contributed by atoms with Crippen molar-refractivity contribution < 1.29 is 5.11 Å². The molecule has 0 unspecified atom stereocenters. The second-order valence-electron chi connectivity index (χ2n) is 3.71. The Morgan fingerprint density at radius 1 is 1.31 bits per heavy atom. The maximum absolute atomic E-state index is 9.60. The Hall–Kier alpha value is -0.910. The van der Waals surface area contributed by atoms with Gasteiger partial charge in [0, 0.05) is 17.1 Å². The van der Waals surface area contributed by atoms with Crippen molar-refractivity contribution in [2.24, 2.45) is 0 Å². The van der Waals surface area contributed by atoms with Crippen LogP contribution >= 0.6 is 11.8 Å². The molecule has 0 aliphatic rings. The van der Waals surface area contributed by atoms with Gasteiger partial charge < -0.3 is 5.11 Å². The summed E-state index contributed by atoms with van der Waals surface area (Å²) in [4.78, 5) is 1.18. The minimum Gasteiger partial charge on any atom is -0.379 e. The zero-order chi connectivity index (χ0) is 11.8. The molecule has 1 nitrogen and oxygen atoms in total. The van der Waals surface area contributed by atoms with Crippen LogP contribution in [0.2, 0.25) is 0 Å². The summed E-state index contributed by atoms with van der Waals surface area (Å²) in [7, 11) is 0. The van der Waals surface area contributed by atoms with E-state index in [4.69, 9.17) is 0 Å². The van der Waals surface area contributed by atoms with E-state index in [-0.39, 0.29) is 0 Å². The average Bonchev–Trinajstić information content (AvgIpc) is 2.29. The molecule has 0 heterocycles. The summed E-state index contributed by atoms with van der Waals surface area (Å²) in [5.74, 6) is 6.46.